The van der Waals surface area contributed by atoms with E-state index in [0.29, 0.717) is 11.6 Å². The van der Waals surface area contributed by atoms with Crippen LogP contribution in [0.25, 0.3) is 0 Å². The number of nitrogens with zero attached hydrogens (tertiary/aromatic N) is 3. The largest absolute Gasteiger partial charge is 0.338 e. The smallest absolute Gasteiger partial charge is 0.225 e. The van der Waals surface area contributed by atoms with Crippen LogP contribution in [0.15, 0.2) is 12.4 Å². The molecule has 0 amide bonds. The van der Waals surface area contributed by atoms with Gasteiger partial charge in [-0.05, 0) is 19.8 Å². The van der Waals surface area contributed by atoms with Crippen LogP contribution in [0.1, 0.15) is 30.1 Å². The summed E-state index contributed by atoms with van der Waals surface area (Å²) in [6, 6.07) is 0.613. The third kappa shape index (κ3) is 1.73. The fourth-order valence-electron chi connectivity index (χ4n) is 1.49. The quantitative estimate of drug-likeness (QED) is 0.672. The third-order valence-corrected chi connectivity index (χ3v) is 2.38. The molecular weight excluding hydrogens is 178 g/mol. The highest BCUT2D eigenvalue weighted by Gasteiger charge is 2.29. The Morgan fingerprint density at radius 3 is 2.57 bits per heavy atom. The highest BCUT2D eigenvalue weighted by atomic mass is 16.1. The topological polar surface area (TPSA) is 46.1 Å². The fourth-order valence-corrected chi connectivity index (χ4v) is 1.49. The monoisotopic (exact) mass is 191 g/mol. The molecule has 0 atom stereocenters. The molecule has 74 valence electrons. The Balaban J connectivity index is 2.17. The van der Waals surface area contributed by atoms with E-state index in [2.05, 4.69) is 21.8 Å². The molecule has 1 aliphatic rings. The van der Waals surface area contributed by atoms with Crippen LogP contribution >= 0.6 is 0 Å². The minimum absolute atomic E-state index is 0.528. The molecule has 0 unspecified atom stereocenters. The molecule has 0 N–H and O–H groups in total. The zero-order chi connectivity index (χ0) is 9.97. The molecule has 0 radical (unpaired) electrons. The van der Waals surface area contributed by atoms with Gasteiger partial charge in [-0.25, -0.2) is 9.97 Å². The molecule has 1 fully saturated rings. The molecule has 1 aromatic heterocycles. The zero-order valence-electron chi connectivity index (χ0n) is 8.18. The second-order valence-corrected chi connectivity index (χ2v) is 3.45. The first-order valence-corrected chi connectivity index (χ1v) is 4.89. The van der Waals surface area contributed by atoms with Gasteiger partial charge in [0.05, 0.1) is 5.56 Å². The Bertz CT molecular complexity index is 319. The fraction of sp³-hybridized carbons (Fsp3) is 0.500. The maximum absolute atomic E-state index is 10.4. The van der Waals surface area contributed by atoms with Gasteiger partial charge in [-0.3, -0.25) is 4.79 Å². The van der Waals surface area contributed by atoms with Crippen molar-refractivity contribution in [2.24, 2.45) is 0 Å². The summed E-state index contributed by atoms with van der Waals surface area (Å²) in [6.07, 6.45) is 6.36. The van der Waals surface area contributed by atoms with E-state index in [4.69, 9.17) is 0 Å². The van der Waals surface area contributed by atoms with Gasteiger partial charge in [0.25, 0.3) is 0 Å². The highest BCUT2D eigenvalue weighted by molar-refractivity contribution is 5.73. The van der Waals surface area contributed by atoms with E-state index in [0.717, 1.165) is 18.8 Å². The van der Waals surface area contributed by atoms with Crippen LogP contribution < -0.4 is 4.90 Å². The normalized spacial score (nSPS) is 15.2. The van der Waals surface area contributed by atoms with E-state index in [1.807, 2.05) is 0 Å². The molecule has 0 bridgehead atoms. The van der Waals surface area contributed by atoms with Crippen molar-refractivity contribution in [2.75, 3.05) is 11.4 Å². The van der Waals surface area contributed by atoms with E-state index in [9.17, 15) is 4.79 Å². The van der Waals surface area contributed by atoms with Gasteiger partial charge in [-0.15, -0.1) is 0 Å². The average Bonchev–Trinajstić information content (AvgIpc) is 3.04. The summed E-state index contributed by atoms with van der Waals surface area (Å²) in [6.45, 7) is 3.01. The van der Waals surface area contributed by atoms with E-state index >= 15 is 0 Å². The molecule has 0 saturated heterocycles. The van der Waals surface area contributed by atoms with Gasteiger partial charge >= 0.3 is 0 Å². The number of hydrogen-bond donors (Lipinski definition) is 0. The summed E-state index contributed by atoms with van der Waals surface area (Å²) in [5, 5.41) is 0. The molecule has 4 nitrogen and oxygen atoms in total. The lowest BCUT2D eigenvalue weighted by Crippen LogP contribution is -2.27. The summed E-state index contributed by atoms with van der Waals surface area (Å²) >= 11 is 0. The van der Waals surface area contributed by atoms with E-state index in [1.165, 1.54) is 12.8 Å². The molecule has 14 heavy (non-hydrogen) atoms. The van der Waals surface area contributed by atoms with Crippen molar-refractivity contribution in [3.05, 3.63) is 18.0 Å². The number of carbonyl (C=O) groups is 1. The van der Waals surface area contributed by atoms with Gasteiger partial charge < -0.3 is 4.90 Å². The van der Waals surface area contributed by atoms with Crippen LogP contribution in [-0.4, -0.2) is 28.8 Å². The van der Waals surface area contributed by atoms with Crippen LogP contribution in [0.4, 0.5) is 5.95 Å². The lowest BCUT2D eigenvalue weighted by molar-refractivity contribution is 0.112. The van der Waals surface area contributed by atoms with Gasteiger partial charge in [-0.2, -0.15) is 0 Å². The van der Waals surface area contributed by atoms with Crippen molar-refractivity contribution in [3.8, 4) is 0 Å². The van der Waals surface area contributed by atoms with Crippen molar-refractivity contribution in [1.82, 2.24) is 9.97 Å². The third-order valence-electron chi connectivity index (χ3n) is 2.38. The average molecular weight is 191 g/mol. The molecule has 1 aromatic rings. The van der Waals surface area contributed by atoms with Gasteiger partial charge in [0.15, 0.2) is 6.29 Å². The van der Waals surface area contributed by atoms with Gasteiger partial charge in [0.2, 0.25) is 5.95 Å². The van der Waals surface area contributed by atoms with E-state index in [1.54, 1.807) is 12.4 Å². The molecule has 1 heterocycles. The number of aldehydes is 1. The minimum atomic E-state index is 0.528. The van der Waals surface area contributed by atoms with Crippen LogP contribution in [0.2, 0.25) is 0 Å². The molecule has 4 heteroatoms. The van der Waals surface area contributed by atoms with Crippen molar-refractivity contribution >= 4 is 12.2 Å². The number of rotatable bonds is 4. The van der Waals surface area contributed by atoms with E-state index < -0.39 is 0 Å². The zero-order valence-corrected chi connectivity index (χ0v) is 8.18. The lowest BCUT2D eigenvalue weighted by atomic mass is 10.4. The summed E-state index contributed by atoms with van der Waals surface area (Å²) in [7, 11) is 0. The van der Waals surface area contributed by atoms with Gasteiger partial charge in [0, 0.05) is 25.0 Å². The maximum atomic E-state index is 10.4. The van der Waals surface area contributed by atoms with Crippen molar-refractivity contribution in [3.63, 3.8) is 0 Å². The second-order valence-electron chi connectivity index (χ2n) is 3.45. The molecule has 0 aliphatic heterocycles. The maximum Gasteiger partial charge on any atom is 0.225 e. The molecule has 1 saturated carbocycles. The van der Waals surface area contributed by atoms with Crippen LogP contribution in [-0.2, 0) is 0 Å². The first-order valence-electron chi connectivity index (χ1n) is 4.89. The molecular formula is C10H13N3O. The number of aromatic nitrogens is 2. The Morgan fingerprint density at radius 1 is 1.50 bits per heavy atom. The molecule has 1 aliphatic carbocycles. The predicted octanol–water partition coefficient (Wildman–Crippen LogP) is 1.28. The number of carbonyl (C=O) groups excluding carboxylic acids is 1. The van der Waals surface area contributed by atoms with Crippen molar-refractivity contribution in [1.29, 1.82) is 0 Å². The number of hydrogen-bond acceptors (Lipinski definition) is 4. The SMILES string of the molecule is CCN(c1ncc(C=O)cn1)C1CC1. The first kappa shape index (κ1) is 9.12. The molecule has 2 rings (SSSR count). The number of anilines is 1. The Kier molecular flexibility index (Phi) is 2.43. The minimum Gasteiger partial charge on any atom is -0.338 e. The Hall–Kier alpha value is -1.45. The lowest BCUT2D eigenvalue weighted by Gasteiger charge is -2.19. The predicted molar refractivity (Wildman–Crippen MR) is 53.5 cm³/mol. The molecule has 0 spiro atoms. The highest BCUT2D eigenvalue weighted by Crippen LogP contribution is 2.28. The second kappa shape index (κ2) is 3.74. The van der Waals surface area contributed by atoms with Crippen LogP contribution in [0.5, 0.6) is 0 Å². The van der Waals surface area contributed by atoms with Crippen LogP contribution in [0, 0.1) is 0 Å². The van der Waals surface area contributed by atoms with Crippen LogP contribution in [0.3, 0.4) is 0 Å². The molecule has 0 aromatic carbocycles. The Labute approximate surface area is 83.0 Å². The van der Waals surface area contributed by atoms with Gasteiger partial charge in [-0.1, -0.05) is 0 Å². The Morgan fingerprint density at radius 2 is 2.14 bits per heavy atom. The van der Waals surface area contributed by atoms with Crippen molar-refractivity contribution in [2.45, 2.75) is 25.8 Å². The first-order chi connectivity index (χ1) is 6.85. The summed E-state index contributed by atoms with van der Waals surface area (Å²) < 4.78 is 0. The van der Waals surface area contributed by atoms with E-state index in [-0.39, 0.29) is 0 Å². The van der Waals surface area contributed by atoms with Crippen molar-refractivity contribution < 1.29 is 4.79 Å². The summed E-state index contributed by atoms with van der Waals surface area (Å²) in [5.74, 6) is 0.737. The summed E-state index contributed by atoms with van der Waals surface area (Å²) in [5.41, 5.74) is 0.528. The standard InChI is InChI=1S/C10H13N3O/c1-2-13(9-3-4-9)10-11-5-8(7-14)6-12-10/h5-7,9H,2-4H2,1H3. The van der Waals surface area contributed by atoms with Gasteiger partial charge in [0.1, 0.15) is 0 Å². The summed E-state index contributed by atoms with van der Waals surface area (Å²) in [4.78, 5) is 20.9.